The van der Waals surface area contributed by atoms with Crippen molar-refractivity contribution < 1.29 is 14.6 Å². The number of ether oxygens (including phenoxy) is 1. The lowest BCUT2D eigenvalue weighted by molar-refractivity contribution is -0.163. The SMILES string of the molecule is COC(C)(C(=O)O)C1CC1C. The van der Waals surface area contributed by atoms with E-state index in [0.717, 1.165) is 6.42 Å². The molecule has 1 saturated carbocycles. The van der Waals surface area contributed by atoms with Gasteiger partial charge in [0.2, 0.25) is 0 Å². The van der Waals surface area contributed by atoms with Crippen molar-refractivity contribution in [2.45, 2.75) is 25.9 Å². The minimum Gasteiger partial charge on any atom is -0.479 e. The highest BCUT2D eigenvalue weighted by atomic mass is 16.5. The van der Waals surface area contributed by atoms with E-state index in [1.54, 1.807) is 6.92 Å². The Kier molecular flexibility index (Phi) is 1.92. The van der Waals surface area contributed by atoms with E-state index in [1.165, 1.54) is 7.11 Å². The first-order valence-corrected chi connectivity index (χ1v) is 3.81. The molecule has 0 bridgehead atoms. The quantitative estimate of drug-likeness (QED) is 0.669. The summed E-state index contributed by atoms with van der Waals surface area (Å²) in [4.78, 5) is 10.8. The van der Waals surface area contributed by atoms with E-state index < -0.39 is 11.6 Å². The molecule has 0 radical (unpaired) electrons. The summed E-state index contributed by atoms with van der Waals surface area (Å²) in [5, 5.41) is 8.84. The van der Waals surface area contributed by atoms with Gasteiger partial charge in [0.15, 0.2) is 5.60 Å². The Morgan fingerprint density at radius 2 is 2.18 bits per heavy atom. The minimum absolute atomic E-state index is 0.199. The summed E-state index contributed by atoms with van der Waals surface area (Å²) in [6, 6.07) is 0. The lowest BCUT2D eigenvalue weighted by Gasteiger charge is -2.22. The van der Waals surface area contributed by atoms with Gasteiger partial charge in [-0.2, -0.15) is 0 Å². The smallest absolute Gasteiger partial charge is 0.335 e. The van der Waals surface area contributed by atoms with Gasteiger partial charge in [0.25, 0.3) is 0 Å². The van der Waals surface area contributed by atoms with Crippen molar-refractivity contribution in [3.63, 3.8) is 0 Å². The number of rotatable bonds is 3. The average molecular weight is 158 g/mol. The molecule has 11 heavy (non-hydrogen) atoms. The molecule has 0 aromatic heterocycles. The van der Waals surface area contributed by atoms with E-state index in [-0.39, 0.29) is 5.92 Å². The first-order chi connectivity index (χ1) is 5.02. The van der Waals surface area contributed by atoms with E-state index in [9.17, 15) is 4.79 Å². The zero-order chi connectivity index (χ0) is 8.65. The maximum Gasteiger partial charge on any atom is 0.335 e. The van der Waals surface area contributed by atoms with E-state index in [2.05, 4.69) is 0 Å². The fourth-order valence-corrected chi connectivity index (χ4v) is 1.49. The molecular weight excluding hydrogens is 144 g/mol. The second kappa shape index (κ2) is 2.48. The van der Waals surface area contributed by atoms with Crippen molar-refractivity contribution in [3.8, 4) is 0 Å². The molecule has 3 atom stereocenters. The van der Waals surface area contributed by atoms with Crippen LogP contribution in [0.5, 0.6) is 0 Å². The molecule has 1 aliphatic carbocycles. The highest BCUT2D eigenvalue weighted by Crippen LogP contribution is 2.47. The molecule has 0 aromatic carbocycles. The Morgan fingerprint density at radius 1 is 1.73 bits per heavy atom. The van der Waals surface area contributed by atoms with Crippen LogP contribution in [0.2, 0.25) is 0 Å². The number of carboxylic acids is 1. The van der Waals surface area contributed by atoms with Crippen LogP contribution in [0.4, 0.5) is 0 Å². The fourth-order valence-electron chi connectivity index (χ4n) is 1.49. The van der Waals surface area contributed by atoms with Gasteiger partial charge in [-0.05, 0) is 19.3 Å². The molecule has 64 valence electrons. The van der Waals surface area contributed by atoms with Crippen LogP contribution in [0.15, 0.2) is 0 Å². The molecule has 0 aliphatic heterocycles. The summed E-state index contributed by atoms with van der Waals surface area (Å²) >= 11 is 0. The Morgan fingerprint density at radius 3 is 2.27 bits per heavy atom. The predicted molar refractivity (Wildman–Crippen MR) is 40.3 cm³/mol. The van der Waals surface area contributed by atoms with Crippen molar-refractivity contribution in [2.75, 3.05) is 7.11 Å². The van der Waals surface area contributed by atoms with E-state index in [0.29, 0.717) is 5.92 Å². The summed E-state index contributed by atoms with van der Waals surface area (Å²) in [6.07, 6.45) is 0.969. The van der Waals surface area contributed by atoms with E-state index >= 15 is 0 Å². The van der Waals surface area contributed by atoms with Crippen molar-refractivity contribution in [2.24, 2.45) is 11.8 Å². The largest absolute Gasteiger partial charge is 0.479 e. The highest BCUT2D eigenvalue weighted by Gasteiger charge is 2.52. The van der Waals surface area contributed by atoms with Gasteiger partial charge >= 0.3 is 5.97 Å². The Labute approximate surface area is 66.4 Å². The maximum atomic E-state index is 10.8. The van der Waals surface area contributed by atoms with E-state index in [1.807, 2.05) is 6.92 Å². The zero-order valence-corrected chi connectivity index (χ0v) is 7.13. The first kappa shape index (κ1) is 8.53. The van der Waals surface area contributed by atoms with Gasteiger partial charge in [-0.25, -0.2) is 4.79 Å². The molecule has 1 fully saturated rings. The van der Waals surface area contributed by atoms with Gasteiger partial charge < -0.3 is 9.84 Å². The molecule has 1 aliphatic rings. The van der Waals surface area contributed by atoms with Gasteiger partial charge in [0.1, 0.15) is 0 Å². The van der Waals surface area contributed by atoms with Crippen LogP contribution in [0.3, 0.4) is 0 Å². The lowest BCUT2D eigenvalue weighted by Crippen LogP contribution is -2.40. The lowest BCUT2D eigenvalue weighted by atomic mass is 9.99. The number of hydrogen-bond donors (Lipinski definition) is 1. The standard InChI is InChI=1S/C8H14O3/c1-5-4-6(5)8(2,11-3)7(9)10/h5-6H,4H2,1-3H3,(H,9,10). The van der Waals surface area contributed by atoms with Gasteiger partial charge in [-0.3, -0.25) is 0 Å². The van der Waals surface area contributed by atoms with Crippen LogP contribution >= 0.6 is 0 Å². The minimum atomic E-state index is -0.959. The van der Waals surface area contributed by atoms with Crippen LogP contribution in [0, 0.1) is 11.8 Å². The second-order valence-corrected chi connectivity index (χ2v) is 3.44. The molecule has 0 amide bonds. The third-order valence-electron chi connectivity index (χ3n) is 2.67. The number of methoxy groups -OCH3 is 1. The van der Waals surface area contributed by atoms with Gasteiger partial charge in [0, 0.05) is 13.0 Å². The number of aliphatic carboxylic acids is 1. The van der Waals surface area contributed by atoms with Gasteiger partial charge in [-0.1, -0.05) is 6.92 Å². The van der Waals surface area contributed by atoms with Crippen LogP contribution in [-0.2, 0) is 9.53 Å². The van der Waals surface area contributed by atoms with Crippen LogP contribution in [-0.4, -0.2) is 23.8 Å². The number of hydrogen-bond acceptors (Lipinski definition) is 2. The zero-order valence-electron chi connectivity index (χ0n) is 7.13. The topological polar surface area (TPSA) is 46.5 Å². The third-order valence-corrected chi connectivity index (χ3v) is 2.67. The molecular formula is C8H14O3. The van der Waals surface area contributed by atoms with Crippen molar-refractivity contribution in [3.05, 3.63) is 0 Å². The van der Waals surface area contributed by atoms with E-state index in [4.69, 9.17) is 9.84 Å². The first-order valence-electron chi connectivity index (χ1n) is 3.81. The molecule has 0 spiro atoms. The van der Waals surface area contributed by atoms with Crippen molar-refractivity contribution in [1.29, 1.82) is 0 Å². The van der Waals surface area contributed by atoms with Crippen molar-refractivity contribution >= 4 is 5.97 Å². The molecule has 3 unspecified atom stereocenters. The summed E-state index contributed by atoms with van der Waals surface area (Å²) < 4.78 is 4.99. The Hall–Kier alpha value is -0.570. The monoisotopic (exact) mass is 158 g/mol. The third kappa shape index (κ3) is 1.25. The van der Waals surface area contributed by atoms with Crippen LogP contribution < -0.4 is 0 Å². The van der Waals surface area contributed by atoms with Crippen LogP contribution in [0.1, 0.15) is 20.3 Å². The molecule has 1 N–H and O–H groups in total. The number of carboxylic acid groups (broad SMARTS) is 1. The average Bonchev–Trinajstić information content (AvgIpc) is 2.65. The maximum absolute atomic E-state index is 10.8. The highest BCUT2D eigenvalue weighted by molar-refractivity contribution is 5.78. The summed E-state index contributed by atoms with van der Waals surface area (Å²) in [6.45, 7) is 3.69. The summed E-state index contributed by atoms with van der Waals surface area (Å²) in [7, 11) is 1.46. The van der Waals surface area contributed by atoms with Crippen LogP contribution in [0.25, 0.3) is 0 Å². The summed E-state index contributed by atoms with van der Waals surface area (Å²) in [5.74, 6) is -0.157. The Balaban J connectivity index is 2.68. The molecule has 3 heteroatoms. The normalized spacial score (nSPS) is 34.5. The van der Waals surface area contributed by atoms with Gasteiger partial charge in [-0.15, -0.1) is 0 Å². The molecule has 0 aromatic rings. The fraction of sp³-hybridized carbons (Fsp3) is 0.875. The Bertz CT molecular complexity index is 178. The molecule has 3 nitrogen and oxygen atoms in total. The van der Waals surface area contributed by atoms with Crippen molar-refractivity contribution in [1.82, 2.24) is 0 Å². The molecule has 0 heterocycles. The number of carbonyl (C=O) groups is 1. The molecule has 1 rings (SSSR count). The summed E-state index contributed by atoms with van der Waals surface area (Å²) in [5.41, 5.74) is -0.959. The molecule has 0 saturated heterocycles. The second-order valence-electron chi connectivity index (χ2n) is 3.44. The predicted octanol–water partition coefficient (Wildman–Crippen LogP) is 1.13. The van der Waals surface area contributed by atoms with Gasteiger partial charge in [0.05, 0.1) is 0 Å².